The summed E-state index contributed by atoms with van der Waals surface area (Å²) in [6.07, 6.45) is 2.27. The van der Waals surface area contributed by atoms with E-state index in [1.807, 2.05) is 23.8 Å². The Morgan fingerprint density at radius 3 is 3.00 bits per heavy atom. The molecule has 7 heteroatoms. The average Bonchev–Trinajstić information content (AvgIpc) is 3.03. The lowest BCUT2D eigenvalue weighted by atomic mass is 10.1. The highest BCUT2D eigenvalue weighted by Gasteiger charge is 2.63. The number of carbonyl (C=O) groups is 2. The molecular weight excluding hydrogens is 260 g/mol. The first-order chi connectivity index (χ1) is 9.56. The molecule has 0 radical (unpaired) electrons. The molecule has 1 aliphatic carbocycles. The first-order valence-corrected chi connectivity index (χ1v) is 6.84. The molecule has 1 aromatic heterocycles. The minimum atomic E-state index is -1.24. The van der Waals surface area contributed by atoms with Crippen molar-refractivity contribution in [1.82, 2.24) is 20.1 Å². The molecule has 2 aliphatic heterocycles. The average molecular weight is 276 g/mol. The van der Waals surface area contributed by atoms with E-state index in [-0.39, 0.29) is 24.0 Å². The molecule has 0 aromatic carbocycles. The summed E-state index contributed by atoms with van der Waals surface area (Å²) in [5.41, 5.74) is -0.635. The third kappa shape index (κ3) is 1.19. The molecule has 20 heavy (non-hydrogen) atoms. The Balaban J connectivity index is 1.79. The summed E-state index contributed by atoms with van der Waals surface area (Å²) < 4.78 is 1.90. The number of fused-ring (bicyclic) bond motifs is 5. The van der Waals surface area contributed by atoms with Crippen molar-refractivity contribution in [2.45, 2.75) is 37.2 Å². The van der Waals surface area contributed by atoms with E-state index in [4.69, 9.17) is 0 Å². The van der Waals surface area contributed by atoms with Gasteiger partial charge in [-0.05, 0) is 19.1 Å². The number of rotatable bonds is 1. The van der Waals surface area contributed by atoms with Crippen molar-refractivity contribution in [1.29, 1.82) is 0 Å². The lowest BCUT2D eigenvalue weighted by molar-refractivity contribution is -0.0655. The summed E-state index contributed by atoms with van der Waals surface area (Å²) in [4.78, 5) is 25.4. The fraction of sp³-hybridized carbons (Fsp3) is 0.538. The number of aromatic nitrogens is 1. The van der Waals surface area contributed by atoms with Gasteiger partial charge < -0.3 is 20.3 Å². The number of nitrogens with zero attached hydrogens (tertiary/aromatic N) is 2. The Bertz CT molecular complexity index is 613. The molecule has 1 saturated carbocycles. The Morgan fingerprint density at radius 2 is 2.25 bits per heavy atom. The van der Waals surface area contributed by atoms with E-state index in [2.05, 4.69) is 10.6 Å². The van der Waals surface area contributed by atoms with Crippen molar-refractivity contribution < 1.29 is 14.7 Å². The number of nitrogens with one attached hydrogen (secondary N) is 2. The van der Waals surface area contributed by atoms with Crippen molar-refractivity contribution in [3.8, 4) is 0 Å². The Hall–Kier alpha value is -2.02. The van der Waals surface area contributed by atoms with Crippen LogP contribution < -0.4 is 10.6 Å². The van der Waals surface area contributed by atoms with E-state index < -0.39 is 11.8 Å². The van der Waals surface area contributed by atoms with Gasteiger partial charge in [-0.1, -0.05) is 0 Å². The maximum atomic E-state index is 12.1. The second-order valence-electron chi connectivity index (χ2n) is 5.62. The summed E-state index contributed by atoms with van der Waals surface area (Å²) in [5, 5.41) is 16.6. The first kappa shape index (κ1) is 11.8. The number of aliphatic hydroxyl groups is 1. The largest absolute Gasteiger partial charge is 0.368 e. The van der Waals surface area contributed by atoms with Gasteiger partial charge in [0.15, 0.2) is 5.72 Å². The quantitative estimate of drug-likeness (QED) is 0.655. The normalized spacial score (nSPS) is 38.1. The smallest absolute Gasteiger partial charge is 0.320 e. The van der Waals surface area contributed by atoms with E-state index in [0.29, 0.717) is 18.7 Å². The predicted octanol–water partition coefficient (Wildman–Crippen LogP) is -0.353. The zero-order valence-corrected chi connectivity index (χ0v) is 11.0. The van der Waals surface area contributed by atoms with Gasteiger partial charge in [0, 0.05) is 19.2 Å². The molecule has 3 amide bonds. The lowest BCUT2D eigenvalue weighted by Gasteiger charge is -2.31. The summed E-state index contributed by atoms with van der Waals surface area (Å²) in [6.45, 7) is 2.27. The molecule has 4 rings (SSSR count). The number of carbonyl (C=O) groups excluding carboxylic acids is 2. The van der Waals surface area contributed by atoms with Crippen molar-refractivity contribution in [2.75, 3.05) is 6.54 Å². The van der Waals surface area contributed by atoms with E-state index in [0.717, 1.165) is 0 Å². The predicted molar refractivity (Wildman–Crippen MR) is 69.0 cm³/mol. The fourth-order valence-electron chi connectivity index (χ4n) is 3.91. The van der Waals surface area contributed by atoms with Gasteiger partial charge in [0.25, 0.3) is 5.91 Å². The second-order valence-corrected chi connectivity index (χ2v) is 5.62. The van der Waals surface area contributed by atoms with Gasteiger partial charge in [-0.25, -0.2) is 4.79 Å². The highest BCUT2D eigenvalue weighted by Crippen LogP contribution is 2.45. The molecule has 1 aromatic rings. The van der Waals surface area contributed by atoms with Gasteiger partial charge >= 0.3 is 6.03 Å². The van der Waals surface area contributed by atoms with E-state index in [1.54, 1.807) is 6.07 Å². The third-order valence-corrected chi connectivity index (χ3v) is 4.76. The molecule has 3 aliphatic rings. The Labute approximate surface area is 115 Å². The zero-order chi connectivity index (χ0) is 14.1. The molecule has 7 nitrogen and oxygen atoms in total. The molecular formula is C13H16N4O3. The van der Waals surface area contributed by atoms with Gasteiger partial charge in [-0.2, -0.15) is 0 Å². The van der Waals surface area contributed by atoms with Crippen LogP contribution in [0.3, 0.4) is 0 Å². The highest BCUT2D eigenvalue weighted by molar-refractivity contribution is 5.94. The Kier molecular flexibility index (Phi) is 2.09. The van der Waals surface area contributed by atoms with Gasteiger partial charge in [0.05, 0.1) is 12.1 Å². The molecule has 0 spiro atoms. The van der Waals surface area contributed by atoms with E-state index in [9.17, 15) is 14.7 Å². The summed E-state index contributed by atoms with van der Waals surface area (Å²) >= 11 is 0. The zero-order valence-electron chi connectivity index (χ0n) is 11.0. The number of hydrogen-bond acceptors (Lipinski definition) is 3. The van der Waals surface area contributed by atoms with Gasteiger partial charge in [0.2, 0.25) is 0 Å². The van der Waals surface area contributed by atoms with Crippen LogP contribution in [-0.2, 0) is 0 Å². The SMILES string of the molecule is CCN1C(=O)N[C@H]2[C@@H]3NC(=O)c4cccn4[C@@H]3C[C@]21O. The molecule has 3 heterocycles. The van der Waals surface area contributed by atoms with Crippen LogP contribution in [0, 0.1) is 0 Å². The van der Waals surface area contributed by atoms with Crippen LogP contribution >= 0.6 is 0 Å². The van der Waals surface area contributed by atoms with Crippen molar-refractivity contribution in [3.05, 3.63) is 24.0 Å². The van der Waals surface area contributed by atoms with Gasteiger partial charge in [0.1, 0.15) is 11.7 Å². The topological polar surface area (TPSA) is 86.6 Å². The maximum absolute atomic E-state index is 12.1. The van der Waals surface area contributed by atoms with Crippen molar-refractivity contribution in [3.63, 3.8) is 0 Å². The van der Waals surface area contributed by atoms with Crippen LogP contribution in [0.5, 0.6) is 0 Å². The molecule has 0 bridgehead atoms. The highest BCUT2D eigenvalue weighted by atomic mass is 16.3. The van der Waals surface area contributed by atoms with Crippen LogP contribution in [0.1, 0.15) is 29.9 Å². The fourth-order valence-corrected chi connectivity index (χ4v) is 3.91. The maximum Gasteiger partial charge on any atom is 0.320 e. The van der Waals surface area contributed by atoms with E-state index in [1.165, 1.54) is 4.90 Å². The number of hydrogen-bond donors (Lipinski definition) is 3. The number of amides is 3. The number of likely N-dealkylation sites (N-methyl/N-ethyl adjacent to an activating group) is 1. The molecule has 2 fully saturated rings. The van der Waals surface area contributed by atoms with Gasteiger partial charge in [-0.3, -0.25) is 9.69 Å². The first-order valence-electron chi connectivity index (χ1n) is 6.84. The van der Waals surface area contributed by atoms with Crippen molar-refractivity contribution in [2.24, 2.45) is 0 Å². The summed E-state index contributed by atoms with van der Waals surface area (Å²) in [7, 11) is 0. The third-order valence-electron chi connectivity index (χ3n) is 4.76. The molecule has 4 atom stereocenters. The molecule has 1 saturated heterocycles. The standard InChI is InChI=1S/C13H16N4O3/c1-2-17-12(19)15-10-9-8(6-13(10,17)20)16-5-3-4-7(16)11(18)14-9/h3-5,8-10,20H,2,6H2,1H3,(H,14,18)(H,15,19)/t8-,9-,10+,13+/m1/s1. The minimum absolute atomic E-state index is 0.0395. The second kappa shape index (κ2) is 3.54. The van der Waals surface area contributed by atoms with Crippen LogP contribution in [0.4, 0.5) is 4.79 Å². The monoisotopic (exact) mass is 276 g/mol. The molecule has 3 N–H and O–H groups in total. The lowest BCUT2D eigenvalue weighted by Crippen LogP contribution is -2.56. The number of urea groups is 1. The minimum Gasteiger partial charge on any atom is -0.368 e. The van der Waals surface area contributed by atoms with E-state index >= 15 is 0 Å². The summed E-state index contributed by atoms with van der Waals surface area (Å²) in [5.74, 6) is -0.162. The van der Waals surface area contributed by atoms with Crippen LogP contribution in [0.25, 0.3) is 0 Å². The van der Waals surface area contributed by atoms with Crippen molar-refractivity contribution >= 4 is 11.9 Å². The van der Waals surface area contributed by atoms with Crippen LogP contribution in [-0.4, -0.2) is 50.9 Å². The molecule has 106 valence electrons. The van der Waals surface area contributed by atoms with Gasteiger partial charge in [-0.15, -0.1) is 0 Å². The van der Waals surface area contributed by atoms with Crippen LogP contribution in [0.15, 0.2) is 18.3 Å². The summed E-state index contributed by atoms with van der Waals surface area (Å²) in [6, 6.07) is 2.52. The van der Waals surface area contributed by atoms with Crippen LogP contribution in [0.2, 0.25) is 0 Å². The molecule has 0 unspecified atom stereocenters. The Morgan fingerprint density at radius 1 is 1.45 bits per heavy atom.